The Kier molecular flexibility index (Phi) is 3.90. The minimum Gasteiger partial charge on any atom is -0.490 e. The number of anilines is 1. The summed E-state index contributed by atoms with van der Waals surface area (Å²) in [6.45, 7) is 6.04. The van der Waals surface area contributed by atoms with Gasteiger partial charge in [-0.15, -0.1) is 0 Å². The van der Waals surface area contributed by atoms with Gasteiger partial charge in [-0.1, -0.05) is 0 Å². The number of piperazine rings is 1. The number of benzene rings is 1. The van der Waals surface area contributed by atoms with Gasteiger partial charge in [0, 0.05) is 43.0 Å². The SMILES string of the molecule is COc1cc(N2CC(C)NCC2C)ccc1[N+](=O)[O-]. The Morgan fingerprint density at radius 3 is 2.84 bits per heavy atom. The van der Waals surface area contributed by atoms with E-state index in [9.17, 15) is 10.1 Å². The summed E-state index contributed by atoms with van der Waals surface area (Å²) >= 11 is 0. The molecule has 0 amide bonds. The third-order valence-electron chi connectivity index (χ3n) is 3.46. The molecule has 1 saturated heterocycles. The van der Waals surface area contributed by atoms with E-state index in [0.29, 0.717) is 17.8 Å². The predicted octanol–water partition coefficient (Wildman–Crippen LogP) is 1.79. The Morgan fingerprint density at radius 1 is 1.47 bits per heavy atom. The van der Waals surface area contributed by atoms with E-state index in [1.54, 1.807) is 12.1 Å². The zero-order valence-corrected chi connectivity index (χ0v) is 11.4. The smallest absolute Gasteiger partial charge is 0.311 e. The fourth-order valence-electron chi connectivity index (χ4n) is 2.38. The van der Waals surface area contributed by atoms with Gasteiger partial charge in [-0.05, 0) is 19.9 Å². The third-order valence-corrected chi connectivity index (χ3v) is 3.46. The summed E-state index contributed by atoms with van der Waals surface area (Å²) in [6, 6.07) is 5.79. The van der Waals surface area contributed by atoms with E-state index in [-0.39, 0.29) is 5.69 Å². The monoisotopic (exact) mass is 265 g/mol. The molecule has 0 aliphatic carbocycles. The van der Waals surface area contributed by atoms with E-state index in [1.807, 2.05) is 0 Å². The van der Waals surface area contributed by atoms with Crippen LogP contribution in [0.25, 0.3) is 0 Å². The number of nitro benzene ring substituents is 1. The summed E-state index contributed by atoms with van der Waals surface area (Å²) in [5.74, 6) is 0.306. The molecule has 1 heterocycles. The van der Waals surface area contributed by atoms with E-state index in [1.165, 1.54) is 13.2 Å². The minimum atomic E-state index is -0.424. The van der Waals surface area contributed by atoms with Gasteiger partial charge in [-0.25, -0.2) is 0 Å². The fourth-order valence-corrected chi connectivity index (χ4v) is 2.38. The van der Waals surface area contributed by atoms with E-state index >= 15 is 0 Å². The van der Waals surface area contributed by atoms with Gasteiger partial charge in [0.1, 0.15) is 0 Å². The van der Waals surface area contributed by atoms with Crippen molar-refractivity contribution < 1.29 is 9.66 Å². The standard InChI is InChI=1S/C13H19N3O3/c1-9-8-15(10(2)7-14-9)11-4-5-12(16(17)18)13(6-11)19-3/h4-6,9-10,14H,7-8H2,1-3H3. The first-order valence-corrected chi connectivity index (χ1v) is 6.35. The van der Waals surface area contributed by atoms with Gasteiger partial charge in [-0.3, -0.25) is 10.1 Å². The molecule has 1 aromatic carbocycles. The molecule has 6 nitrogen and oxygen atoms in total. The minimum absolute atomic E-state index is 0.00193. The van der Waals surface area contributed by atoms with Crippen molar-refractivity contribution in [3.63, 3.8) is 0 Å². The lowest BCUT2D eigenvalue weighted by atomic mass is 10.1. The molecule has 1 aromatic rings. The van der Waals surface area contributed by atoms with Crippen molar-refractivity contribution in [2.45, 2.75) is 25.9 Å². The molecule has 104 valence electrons. The molecule has 0 bridgehead atoms. The van der Waals surface area contributed by atoms with E-state index in [4.69, 9.17) is 4.74 Å². The number of rotatable bonds is 3. The van der Waals surface area contributed by atoms with E-state index < -0.39 is 4.92 Å². The molecule has 1 aliphatic heterocycles. The molecule has 19 heavy (non-hydrogen) atoms. The maximum absolute atomic E-state index is 10.9. The molecule has 1 fully saturated rings. The van der Waals surface area contributed by atoms with Crippen LogP contribution in [0.5, 0.6) is 5.75 Å². The molecule has 1 N–H and O–H groups in total. The highest BCUT2D eigenvalue weighted by Crippen LogP contribution is 2.32. The average Bonchev–Trinajstić information content (AvgIpc) is 2.40. The van der Waals surface area contributed by atoms with Gasteiger partial charge >= 0.3 is 5.69 Å². The van der Waals surface area contributed by atoms with Crippen LogP contribution in [-0.4, -0.2) is 37.2 Å². The molecule has 6 heteroatoms. The summed E-state index contributed by atoms with van der Waals surface area (Å²) in [6.07, 6.45) is 0. The van der Waals surface area contributed by atoms with Gasteiger partial charge in [0.25, 0.3) is 0 Å². The van der Waals surface area contributed by atoms with Gasteiger partial charge in [0.05, 0.1) is 12.0 Å². The van der Waals surface area contributed by atoms with Crippen molar-refractivity contribution >= 4 is 11.4 Å². The van der Waals surface area contributed by atoms with Gasteiger partial charge in [0.15, 0.2) is 5.75 Å². The summed E-state index contributed by atoms with van der Waals surface area (Å²) < 4.78 is 5.12. The Balaban J connectivity index is 2.32. The fraction of sp³-hybridized carbons (Fsp3) is 0.538. The second-order valence-corrected chi connectivity index (χ2v) is 4.92. The topological polar surface area (TPSA) is 67.6 Å². The van der Waals surface area contributed by atoms with Crippen molar-refractivity contribution in [3.05, 3.63) is 28.3 Å². The lowest BCUT2D eigenvalue weighted by molar-refractivity contribution is -0.385. The lowest BCUT2D eigenvalue weighted by Crippen LogP contribution is -2.54. The van der Waals surface area contributed by atoms with Gasteiger partial charge in [-0.2, -0.15) is 0 Å². The first-order valence-electron chi connectivity index (χ1n) is 6.35. The second kappa shape index (κ2) is 5.44. The molecule has 1 aliphatic rings. The maximum atomic E-state index is 10.9. The van der Waals surface area contributed by atoms with Crippen molar-refractivity contribution in [1.82, 2.24) is 5.32 Å². The van der Waals surface area contributed by atoms with Crippen LogP contribution in [0, 0.1) is 10.1 Å². The maximum Gasteiger partial charge on any atom is 0.311 e. The second-order valence-electron chi connectivity index (χ2n) is 4.92. The van der Waals surface area contributed by atoms with Crippen molar-refractivity contribution in [2.24, 2.45) is 0 Å². The highest BCUT2D eigenvalue weighted by molar-refractivity contribution is 5.60. The zero-order chi connectivity index (χ0) is 14.0. The Bertz CT molecular complexity index is 478. The number of nitrogens with one attached hydrogen (secondary N) is 1. The largest absolute Gasteiger partial charge is 0.490 e. The van der Waals surface area contributed by atoms with E-state index in [2.05, 4.69) is 24.1 Å². The summed E-state index contributed by atoms with van der Waals surface area (Å²) in [4.78, 5) is 12.7. The number of hydrogen-bond donors (Lipinski definition) is 1. The molecule has 0 aromatic heterocycles. The molecular formula is C13H19N3O3. The van der Waals surface area contributed by atoms with Crippen LogP contribution in [0.3, 0.4) is 0 Å². The Morgan fingerprint density at radius 2 is 2.21 bits per heavy atom. The predicted molar refractivity (Wildman–Crippen MR) is 73.9 cm³/mol. The Hall–Kier alpha value is -1.82. The number of methoxy groups -OCH3 is 1. The van der Waals surface area contributed by atoms with Gasteiger partial charge in [0.2, 0.25) is 0 Å². The molecule has 0 saturated carbocycles. The number of ether oxygens (including phenoxy) is 1. The van der Waals surface area contributed by atoms with E-state index in [0.717, 1.165) is 18.8 Å². The number of hydrogen-bond acceptors (Lipinski definition) is 5. The van der Waals surface area contributed by atoms with Crippen LogP contribution in [0.4, 0.5) is 11.4 Å². The normalized spacial score (nSPS) is 23.2. The first kappa shape index (κ1) is 13.6. The van der Waals surface area contributed by atoms with Crippen molar-refractivity contribution in [1.29, 1.82) is 0 Å². The molecule has 2 unspecified atom stereocenters. The van der Waals surface area contributed by atoms with Crippen LogP contribution in [0.15, 0.2) is 18.2 Å². The van der Waals surface area contributed by atoms with Crippen LogP contribution in [0.1, 0.15) is 13.8 Å². The highest BCUT2D eigenvalue weighted by atomic mass is 16.6. The average molecular weight is 265 g/mol. The van der Waals surface area contributed by atoms with Crippen LogP contribution >= 0.6 is 0 Å². The van der Waals surface area contributed by atoms with Crippen LogP contribution < -0.4 is 15.0 Å². The third kappa shape index (κ3) is 2.78. The van der Waals surface area contributed by atoms with Crippen molar-refractivity contribution in [3.8, 4) is 5.75 Å². The number of nitro groups is 1. The van der Waals surface area contributed by atoms with Crippen LogP contribution in [-0.2, 0) is 0 Å². The van der Waals surface area contributed by atoms with Crippen molar-refractivity contribution in [2.75, 3.05) is 25.1 Å². The molecule has 2 rings (SSSR count). The molecule has 0 spiro atoms. The summed E-state index contributed by atoms with van der Waals surface area (Å²) in [5.41, 5.74) is 0.963. The zero-order valence-electron chi connectivity index (χ0n) is 11.4. The highest BCUT2D eigenvalue weighted by Gasteiger charge is 2.24. The molecule has 0 radical (unpaired) electrons. The quantitative estimate of drug-likeness (QED) is 0.666. The Labute approximate surface area is 112 Å². The molecule has 2 atom stereocenters. The summed E-state index contributed by atoms with van der Waals surface area (Å²) in [7, 11) is 1.45. The summed E-state index contributed by atoms with van der Waals surface area (Å²) in [5, 5.41) is 14.3. The first-order chi connectivity index (χ1) is 9.02. The molecular weight excluding hydrogens is 246 g/mol. The van der Waals surface area contributed by atoms with Crippen LogP contribution in [0.2, 0.25) is 0 Å². The lowest BCUT2D eigenvalue weighted by Gasteiger charge is -2.39. The van der Waals surface area contributed by atoms with Gasteiger partial charge < -0.3 is 15.0 Å². The number of nitrogens with zero attached hydrogens (tertiary/aromatic N) is 2.